The molecule has 0 aliphatic carbocycles. The molecule has 1 amide bonds. The van der Waals surface area contributed by atoms with Gasteiger partial charge in [-0.3, -0.25) is 9.59 Å². The number of carbonyl (C=O) groups excluding carboxylic acids is 2. The molecule has 0 radical (unpaired) electrons. The van der Waals surface area contributed by atoms with Crippen LogP contribution in [-0.2, 0) is 4.79 Å². The number of halogens is 1. The van der Waals surface area contributed by atoms with E-state index < -0.39 is 0 Å². The second-order valence-electron chi connectivity index (χ2n) is 5.09. The van der Waals surface area contributed by atoms with Gasteiger partial charge in [0.1, 0.15) is 5.75 Å². The molecule has 1 aromatic rings. The monoisotopic (exact) mass is 312 g/mol. The number of Topliss-reactive ketones (excluding diaryl/α,β-unsaturated/α-hetero) is 1. The van der Waals surface area contributed by atoms with Gasteiger partial charge in [-0.2, -0.15) is 0 Å². The zero-order valence-corrected chi connectivity index (χ0v) is 12.9. The van der Waals surface area contributed by atoms with E-state index in [4.69, 9.17) is 10.5 Å². The second kappa shape index (κ2) is 8.00. The van der Waals surface area contributed by atoms with Crippen LogP contribution in [0.5, 0.6) is 5.75 Å². The highest BCUT2D eigenvalue weighted by molar-refractivity contribution is 5.94. The molecular formula is C15H21ClN2O3. The van der Waals surface area contributed by atoms with Crippen LogP contribution in [0.3, 0.4) is 0 Å². The molecule has 116 valence electrons. The molecule has 0 bridgehead atoms. The van der Waals surface area contributed by atoms with Gasteiger partial charge in [-0.1, -0.05) is 12.1 Å². The van der Waals surface area contributed by atoms with E-state index in [9.17, 15) is 9.59 Å². The van der Waals surface area contributed by atoms with E-state index >= 15 is 0 Å². The zero-order chi connectivity index (χ0) is 14.5. The van der Waals surface area contributed by atoms with Crippen LogP contribution in [0, 0.1) is 0 Å². The summed E-state index contributed by atoms with van der Waals surface area (Å²) >= 11 is 0. The molecule has 5 nitrogen and oxygen atoms in total. The van der Waals surface area contributed by atoms with Crippen molar-refractivity contribution in [1.82, 2.24) is 4.90 Å². The largest absolute Gasteiger partial charge is 0.484 e. The maximum atomic E-state index is 12.0. The molecule has 0 spiro atoms. The molecule has 1 aromatic carbocycles. The average molecular weight is 313 g/mol. The number of rotatable bonds is 4. The highest BCUT2D eigenvalue weighted by Crippen LogP contribution is 2.14. The predicted molar refractivity (Wildman–Crippen MR) is 83.0 cm³/mol. The van der Waals surface area contributed by atoms with Crippen molar-refractivity contribution in [2.24, 2.45) is 5.73 Å². The fraction of sp³-hybridized carbons (Fsp3) is 0.467. The van der Waals surface area contributed by atoms with Crippen molar-refractivity contribution in [3.05, 3.63) is 29.8 Å². The topological polar surface area (TPSA) is 72.6 Å². The average Bonchev–Trinajstić information content (AvgIpc) is 2.46. The summed E-state index contributed by atoms with van der Waals surface area (Å²) in [6.07, 6.45) is 1.68. The van der Waals surface area contributed by atoms with Crippen molar-refractivity contribution in [3.8, 4) is 5.75 Å². The minimum absolute atomic E-state index is 0. The van der Waals surface area contributed by atoms with Crippen LogP contribution in [0.1, 0.15) is 30.1 Å². The number of piperidine rings is 1. The number of hydrogen-bond acceptors (Lipinski definition) is 4. The Hall–Kier alpha value is -1.59. The minimum Gasteiger partial charge on any atom is -0.484 e. The SMILES string of the molecule is CC(=O)c1cccc(OCC(=O)N2CCC(N)CC2)c1.Cl. The summed E-state index contributed by atoms with van der Waals surface area (Å²) < 4.78 is 5.46. The molecular weight excluding hydrogens is 292 g/mol. The van der Waals surface area contributed by atoms with Gasteiger partial charge in [-0.05, 0) is 31.9 Å². The molecule has 0 atom stereocenters. The Balaban J connectivity index is 0.00000220. The standard InChI is InChI=1S/C15H20N2O3.ClH/c1-11(18)12-3-2-4-14(9-12)20-10-15(19)17-7-5-13(16)6-8-17;/h2-4,9,13H,5-8,10,16H2,1H3;1H. The van der Waals surface area contributed by atoms with Crippen LogP contribution in [0.2, 0.25) is 0 Å². The fourth-order valence-electron chi connectivity index (χ4n) is 2.19. The Morgan fingerprint density at radius 1 is 1.33 bits per heavy atom. The third kappa shape index (κ3) is 5.02. The third-order valence-corrected chi connectivity index (χ3v) is 3.50. The number of ether oxygens (including phenoxy) is 1. The summed E-state index contributed by atoms with van der Waals surface area (Å²) in [4.78, 5) is 25.0. The van der Waals surface area contributed by atoms with Crippen molar-refractivity contribution < 1.29 is 14.3 Å². The van der Waals surface area contributed by atoms with Crippen LogP contribution < -0.4 is 10.5 Å². The maximum Gasteiger partial charge on any atom is 0.260 e. The Morgan fingerprint density at radius 2 is 2.00 bits per heavy atom. The number of benzene rings is 1. The molecule has 1 aliphatic rings. The number of nitrogens with zero attached hydrogens (tertiary/aromatic N) is 1. The molecule has 21 heavy (non-hydrogen) atoms. The van der Waals surface area contributed by atoms with Crippen LogP contribution in [0.4, 0.5) is 0 Å². The normalized spacial score (nSPS) is 15.2. The second-order valence-corrected chi connectivity index (χ2v) is 5.09. The summed E-state index contributed by atoms with van der Waals surface area (Å²) in [5.74, 6) is 0.483. The Kier molecular flexibility index (Phi) is 6.65. The number of amides is 1. The maximum absolute atomic E-state index is 12.0. The molecule has 1 fully saturated rings. The summed E-state index contributed by atoms with van der Waals surface area (Å²) in [5, 5.41) is 0. The van der Waals surface area contributed by atoms with E-state index in [-0.39, 0.29) is 36.7 Å². The van der Waals surface area contributed by atoms with Gasteiger partial charge in [-0.15, -0.1) is 12.4 Å². The van der Waals surface area contributed by atoms with E-state index in [1.807, 2.05) is 0 Å². The summed E-state index contributed by atoms with van der Waals surface area (Å²) in [6, 6.07) is 7.07. The predicted octanol–water partition coefficient (Wildman–Crippen LogP) is 1.64. The molecule has 1 saturated heterocycles. The highest BCUT2D eigenvalue weighted by atomic mass is 35.5. The molecule has 0 aromatic heterocycles. The Labute approximate surface area is 130 Å². The lowest BCUT2D eigenvalue weighted by Gasteiger charge is -2.30. The van der Waals surface area contributed by atoms with E-state index in [1.165, 1.54) is 6.92 Å². The summed E-state index contributed by atoms with van der Waals surface area (Å²) in [7, 11) is 0. The highest BCUT2D eigenvalue weighted by Gasteiger charge is 2.20. The third-order valence-electron chi connectivity index (χ3n) is 3.50. The van der Waals surface area contributed by atoms with Crippen molar-refractivity contribution in [2.45, 2.75) is 25.8 Å². The van der Waals surface area contributed by atoms with E-state index in [2.05, 4.69) is 0 Å². The number of likely N-dealkylation sites (tertiary alicyclic amines) is 1. The first kappa shape index (κ1) is 17.5. The number of ketones is 1. The van der Waals surface area contributed by atoms with Crippen LogP contribution in [-0.4, -0.2) is 42.3 Å². The quantitative estimate of drug-likeness (QED) is 0.858. The first-order valence-corrected chi connectivity index (χ1v) is 6.83. The lowest BCUT2D eigenvalue weighted by molar-refractivity contribution is -0.134. The minimum atomic E-state index is -0.0369. The van der Waals surface area contributed by atoms with Gasteiger partial charge in [0.05, 0.1) is 0 Å². The molecule has 1 aliphatic heterocycles. The van der Waals surface area contributed by atoms with Crippen LogP contribution >= 0.6 is 12.4 Å². The van der Waals surface area contributed by atoms with Gasteiger partial charge >= 0.3 is 0 Å². The number of nitrogens with two attached hydrogens (primary N) is 1. The van der Waals surface area contributed by atoms with E-state index in [0.717, 1.165) is 12.8 Å². The van der Waals surface area contributed by atoms with Gasteiger partial charge in [0, 0.05) is 24.7 Å². The summed E-state index contributed by atoms with van der Waals surface area (Å²) in [5.41, 5.74) is 6.39. The van der Waals surface area contributed by atoms with Gasteiger partial charge in [0.2, 0.25) is 0 Å². The number of hydrogen-bond donors (Lipinski definition) is 1. The van der Waals surface area contributed by atoms with Crippen molar-refractivity contribution in [1.29, 1.82) is 0 Å². The molecule has 1 heterocycles. The van der Waals surface area contributed by atoms with Gasteiger partial charge in [0.15, 0.2) is 12.4 Å². The molecule has 0 unspecified atom stereocenters. The molecule has 2 rings (SSSR count). The van der Waals surface area contributed by atoms with Crippen LogP contribution in [0.25, 0.3) is 0 Å². The summed E-state index contributed by atoms with van der Waals surface area (Å²) in [6.45, 7) is 2.88. The Bertz CT molecular complexity index is 499. The van der Waals surface area contributed by atoms with Crippen molar-refractivity contribution in [2.75, 3.05) is 19.7 Å². The van der Waals surface area contributed by atoms with Crippen molar-refractivity contribution in [3.63, 3.8) is 0 Å². The molecule has 0 saturated carbocycles. The lowest BCUT2D eigenvalue weighted by Crippen LogP contribution is -2.44. The van der Waals surface area contributed by atoms with Gasteiger partial charge < -0.3 is 15.4 Å². The van der Waals surface area contributed by atoms with Crippen molar-refractivity contribution >= 4 is 24.1 Å². The van der Waals surface area contributed by atoms with E-state index in [1.54, 1.807) is 29.2 Å². The number of carbonyl (C=O) groups is 2. The van der Waals surface area contributed by atoms with Gasteiger partial charge in [0.25, 0.3) is 5.91 Å². The molecule has 2 N–H and O–H groups in total. The lowest BCUT2D eigenvalue weighted by atomic mass is 10.1. The first-order valence-electron chi connectivity index (χ1n) is 6.83. The zero-order valence-electron chi connectivity index (χ0n) is 12.1. The fourth-order valence-corrected chi connectivity index (χ4v) is 2.19. The van der Waals surface area contributed by atoms with E-state index in [0.29, 0.717) is 24.4 Å². The van der Waals surface area contributed by atoms with Crippen LogP contribution in [0.15, 0.2) is 24.3 Å². The van der Waals surface area contributed by atoms with Gasteiger partial charge in [-0.25, -0.2) is 0 Å². The first-order chi connectivity index (χ1) is 9.56. The smallest absolute Gasteiger partial charge is 0.260 e. The molecule has 6 heteroatoms. The Morgan fingerprint density at radius 3 is 2.62 bits per heavy atom.